The summed E-state index contributed by atoms with van der Waals surface area (Å²) >= 11 is 0. The summed E-state index contributed by atoms with van der Waals surface area (Å²) < 4.78 is 55.0. The van der Waals surface area contributed by atoms with Gasteiger partial charge in [-0.1, -0.05) is 13.8 Å². The fourth-order valence-corrected chi connectivity index (χ4v) is 2.94. The van der Waals surface area contributed by atoms with Crippen molar-refractivity contribution in [2.24, 2.45) is 11.8 Å². The first-order chi connectivity index (χ1) is 8.34. The van der Waals surface area contributed by atoms with Crippen LogP contribution in [0.25, 0.3) is 0 Å². The lowest BCUT2D eigenvalue weighted by molar-refractivity contribution is -0.0315. The summed E-state index contributed by atoms with van der Waals surface area (Å²) in [6.07, 6.45) is -2.46. The number of rotatable bonds is 3. The van der Waals surface area contributed by atoms with Gasteiger partial charge in [-0.05, 0) is 18.3 Å². The third-order valence-corrected chi connectivity index (χ3v) is 3.71. The van der Waals surface area contributed by atoms with E-state index < -0.39 is 29.9 Å². The first kappa shape index (κ1) is 12.0. The topological polar surface area (TPSA) is 17.8 Å². The van der Waals surface area contributed by atoms with Gasteiger partial charge in [0.25, 0.3) is 12.3 Å². The Bertz CT molecular complexity index is 493. The molecule has 6 heteroatoms. The van der Waals surface area contributed by atoms with Crippen LogP contribution in [0.3, 0.4) is 0 Å². The van der Waals surface area contributed by atoms with E-state index in [0.717, 1.165) is 4.68 Å². The minimum absolute atomic E-state index is 0.0900. The number of halogens is 4. The molecule has 0 aliphatic heterocycles. The van der Waals surface area contributed by atoms with Crippen LogP contribution in [-0.4, -0.2) is 9.78 Å². The van der Waals surface area contributed by atoms with Gasteiger partial charge in [0.15, 0.2) is 0 Å². The standard InChI is InChI=1S/C12H14F4N2/c1-5(2)4-18-10-8(9(17-18)11(13)14)6-3-7(6)12(10,15)16/h5-7,11H,3-4H2,1-2H3/t6?,7-/m0/s1. The molecule has 2 aliphatic rings. The van der Waals surface area contributed by atoms with E-state index in [-0.39, 0.29) is 23.7 Å². The molecule has 0 amide bonds. The molecule has 0 radical (unpaired) electrons. The smallest absolute Gasteiger partial charge is 0.262 e. The molecule has 0 bridgehead atoms. The van der Waals surface area contributed by atoms with Crippen molar-refractivity contribution in [1.82, 2.24) is 9.78 Å². The molecule has 0 saturated heterocycles. The third kappa shape index (κ3) is 1.44. The van der Waals surface area contributed by atoms with E-state index >= 15 is 0 Å². The van der Waals surface area contributed by atoms with Crippen LogP contribution in [-0.2, 0) is 12.5 Å². The van der Waals surface area contributed by atoms with Crippen molar-refractivity contribution in [3.05, 3.63) is 17.0 Å². The Morgan fingerprint density at radius 3 is 2.61 bits per heavy atom. The van der Waals surface area contributed by atoms with Crippen molar-refractivity contribution in [3.8, 4) is 0 Å². The maximum absolute atomic E-state index is 14.1. The Hall–Kier alpha value is -1.07. The molecular weight excluding hydrogens is 248 g/mol. The minimum atomic E-state index is -2.99. The number of hydrogen-bond acceptors (Lipinski definition) is 1. The molecule has 1 aromatic heterocycles. The molecule has 0 spiro atoms. The first-order valence-corrected chi connectivity index (χ1v) is 6.11. The molecule has 2 nitrogen and oxygen atoms in total. The van der Waals surface area contributed by atoms with Gasteiger partial charge in [0.2, 0.25) is 0 Å². The van der Waals surface area contributed by atoms with Crippen LogP contribution in [0.2, 0.25) is 0 Å². The number of aromatic nitrogens is 2. The predicted molar refractivity (Wildman–Crippen MR) is 56.8 cm³/mol. The fraction of sp³-hybridized carbons (Fsp3) is 0.750. The molecule has 3 rings (SSSR count). The second kappa shape index (κ2) is 3.48. The molecule has 1 unspecified atom stereocenters. The molecule has 2 atom stereocenters. The largest absolute Gasteiger partial charge is 0.293 e. The van der Waals surface area contributed by atoms with E-state index in [1.54, 1.807) is 0 Å². The highest BCUT2D eigenvalue weighted by molar-refractivity contribution is 5.46. The summed E-state index contributed by atoms with van der Waals surface area (Å²) in [5.74, 6) is -4.08. The fourth-order valence-electron chi connectivity index (χ4n) is 2.94. The summed E-state index contributed by atoms with van der Waals surface area (Å²) in [6.45, 7) is 3.96. The molecule has 2 aliphatic carbocycles. The van der Waals surface area contributed by atoms with E-state index in [0.29, 0.717) is 6.42 Å². The number of alkyl halides is 4. The Balaban J connectivity index is 2.13. The summed E-state index contributed by atoms with van der Waals surface area (Å²) in [7, 11) is 0. The van der Waals surface area contributed by atoms with Crippen LogP contribution in [0.5, 0.6) is 0 Å². The van der Waals surface area contributed by atoms with Crippen LogP contribution in [0.4, 0.5) is 17.6 Å². The normalized spacial score (nSPS) is 27.8. The second-order valence-corrected chi connectivity index (χ2v) is 5.60. The van der Waals surface area contributed by atoms with Crippen LogP contribution in [0.15, 0.2) is 0 Å². The highest BCUT2D eigenvalue weighted by Crippen LogP contribution is 2.68. The Morgan fingerprint density at radius 1 is 1.39 bits per heavy atom. The van der Waals surface area contributed by atoms with Crippen molar-refractivity contribution in [3.63, 3.8) is 0 Å². The lowest BCUT2D eigenvalue weighted by atomic mass is 10.1. The van der Waals surface area contributed by atoms with Gasteiger partial charge >= 0.3 is 0 Å². The summed E-state index contributed by atoms with van der Waals surface area (Å²) in [5.41, 5.74) is -0.566. The summed E-state index contributed by atoms with van der Waals surface area (Å²) in [5, 5.41) is 3.73. The van der Waals surface area contributed by atoms with Gasteiger partial charge in [0.1, 0.15) is 11.4 Å². The van der Waals surface area contributed by atoms with Gasteiger partial charge < -0.3 is 0 Å². The average molecular weight is 262 g/mol. The molecule has 1 fully saturated rings. The summed E-state index contributed by atoms with van der Waals surface area (Å²) in [4.78, 5) is 0. The zero-order valence-electron chi connectivity index (χ0n) is 10.1. The second-order valence-electron chi connectivity index (χ2n) is 5.60. The van der Waals surface area contributed by atoms with Crippen molar-refractivity contribution in [1.29, 1.82) is 0 Å². The van der Waals surface area contributed by atoms with Crippen LogP contribution in [0.1, 0.15) is 49.6 Å². The zero-order chi connectivity index (χ0) is 13.2. The minimum Gasteiger partial charge on any atom is -0.262 e. The molecule has 0 N–H and O–H groups in total. The Kier molecular flexibility index (Phi) is 2.32. The van der Waals surface area contributed by atoms with Gasteiger partial charge in [0.05, 0.1) is 0 Å². The number of hydrogen-bond donors (Lipinski definition) is 0. The Morgan fingerprint density at radius 2 is 2.06 bits per heavy atom. The molecule has 0 aromatic carbocycles. The predicted octanol–water partition coefficient (Wildman–Crippen LogP) is 3.69. The monoisotopic (exact) mass is 262 g/mol. The van der Waals surface area contributed by atoms with Gasteiger partial charge in [-0.2, -0.15) is 13.9 Å². The van der Waals surface area contributed by atoms with E-state index in [1.807, 2.05) is 13.8 Å². The van der Waals surface area contributed by atoms with Crippen molar-refractivity contribution in [2.45, 2.75) is 45.1 Å². The van der Waals surface area contributed by atoms with Crippen molar-refractivity contribution in [2.75, 3.05) is 0 Å². The first-order valence-electron chi connectivity index (χ1n) is 6.11. The number of fused-ring (bicyclic) bond motifs is 3. The van der Waals surface area contributed by atoms with E-state index in [1.165, 1.54) is 0 Å². The lowest BCUT2D eigenvalue weighted by Crippen LogP contribution is -2.21. The van der Waals surface area contributed by atoms with Gasteiger partial charge in [-0.3, -0.25) is 4.68 Å². The van der Waals surface area contributed by atoms with E-state index in [4.69, 9.17) is 0 Å². The van der Waals surface area contributed by atoms with E-state index in [2.05, 4.69) is 5.10 Å². The molecule has 1 heterocycles. The van der Waals surface area contributed by atoms with Crippen molar-refractivity contribution >= 4 is 0 Å². The third-order valence-electron chi connectivity index (χ3n) is 3.71. The van der Waals surface area contributed by atoms with Gasteiger partial charge in [-0.15, -0.1) is 0 Å². The Labute approximate surface area is 102 Å². The van der Waals surface area contributed by atoms with Crippen LogP contribution < -0.4 is 0 Å². The van der Waals surface area contributed by atoms with Crippen molar-refractivity contribution < 1.29 is 17.6 Å². The highest BCUT2D eigenvalue weighted by atomic mass is 19.3. The quantitative estimate of drug-likeness (QED) is 0.760. The number of nitrogens with zero attached hydrogens (tertiary/aromatic N) is 2. The molecule has 1 saturated carbocycles. The van der Waals surface area contributed by atoms with E-state index in [9.17, 15) is 17.6 Å². The maximum Gasteiger partial charge on any atom is 0.293 e. The lowest BCUT2D eigenvalue weighted by Gasteiger charge is -2.16. The summed E-state index contributed by atoms with van der Waals surface area (Å²) in [6, 6.07) is 0. The zero-order valence-corrected chi connectivity index (χ0v) is 10.1. The maximum atomic E-state index is 14.1. The molecular formula is C12H14F4N2. The molecule has 1 aromatic rings. The highest BCUT2D eigenvalue weighted by Gasteiger charge is 2.67. The van der Waals surface area contributed by atoms with Crippen LogP contribution in [0, 0.1) is 11.8 Å². The molecule has 18 heavy (non-hydrogen) atoms. The van der Waals surface area contributed by atoms with Gasteiger partial charge in [-0.25, -0.2) is 8.78 Å². The van der Waals surface area contributed by atoms with Crippen LogP contribution >= 0.6 is 0 Å². The average Bonchev–Trinajstić information content (AvgIpc) is 2.88. The van der Waals surface area contributed by atoms with Gasteiger partial charge in [0, 0.05) is 18.0 Å². The SMILES string of the molecule is CC(C)Cn1nc(C(F)F)c2c1C(F)(F)[C@H]1CC21. The molecule has 100 valence electrons.